The van der Waals surface area contributed by atoms with Crippen molar-refractivity contribution in [2.45, 2.75) is 6.42 Å². The summed E-state index contributed by atoms with van der Waals surface area (Å²) >= 11 is 0. The quantitative estimate of drug-likeness (QED) is 0.776. The van der Waals surface area contributed by atoms with Gasteiger partial charge in [-0.05, 0) is 36.2 Å². The maximum atomic E-state index is 12.5. The fourth-order valence-corrected chi connectivity index (χ4v) is 3.41. The van der Waals surface area contributed by atoms with Gasteiger partial charge in [0.1, 0.15) is 17.2 Å². The highest BCUT2D eigenvalue weighted by atomic mass is 16.5. The van der Waals surface area contributed by atoms with E-state index in [0.717, 1.165) is 42.4 Å². The molecule has 0 spiro atoms. The topological polar surface area (TPSA) is 63.3 Å². The molecule has 1 N–H and O–H groups in total. The summed E-state index contributed by atoms with van der Waals surface area (Å²) in [6.45, 7) is 3.47. The summed E-state index contributed by atoms with van der Waals surface area (Å²) < 4.78 is 15.9. The number of nitrogens with zero attached hydrogens (tertiary/aromatic N) is 2. The molecule has 2 amide bonds. The number of nitrogens with one attached hydrogen (secondary N) is 1. The lowest BCUT2D eigenvalue weighted by Gasteiger charge is -2.36. The molecule has 3 rings (SSSR count). The van der Waals surface area contributed by atoms with Crippen molar-refractivity contribution < 1.29 is 19.0 Å². The Hall–Kier alpha value is -3.09. The lowest BCUT2D eigenvalue weighted by molar-refractivity contribution is 0.194. The molecule has 0 aromatic heterocycles. The Balaban J connectivity index is 1.46. The Morgan fingerprint density at radius 1 is 0.897 bits per heavy atom. The van der Waals surface area contributed by atoms with Crippen LogP contribution in [0.5, 0.6) is 17.2 Å². The van der Waals surface area contributed by atoms with Crippen molar-refractivity contribution in [3.63, 3.8) is 0 Å². The largest absolute Gasteiger partial charge is 0.497 e. The molecule has 7 nitrogen and oxygen atoms in total. The highest BCUT2D eigenvalue weighted by Gasteiger charge is 2.23. The van der Waals surface area contributed by atoms with E-state index in [1.165, 1.54) is 5.56 Å². The Bertz CT molecular complexity index is 802. The highest BCUT2D eigenvalue weighted by molar-refractivity contribution is 5.74. The number of carbonyl (C=O) groups is 1. The van der Waals surface area contributed by atoms with Crippen molar-refractivity contribution in [3.8, 4) is 17.2 Å². The van der Waals surface area contributed by atoms with Gasteiger partial charge in [0.25, 0.3) is 0 Å². The van der Waals surface area contributed by atoms with Gasteiger partial charge in [-0.3, -0.25) is 0 Å². The Labute approximate surface area is 172 Å². The first-order valence-electron chi connectivity index (χ1n) is 9.77. The summed E-state index contributed by atoms with van der Waals surface area (Å²) in [5.74, 6) is 2.38. The Morgan fingerprint density at radius 2 is 1.55 bits per heavy atom. The van der Waals surface area contributed by atoms with E-state index < -0.39 is 0 Å². The second-order valence-corrected chi connectivity index (χ2v) is 6.84. The summed E-state index contributed by atoms with van der Waals surface area (Å²) in [5, 5.41) is 3.02. The average molecular weight is 399 g/mol. The van der Waals surface area contributed by atoms with E-state index in [1.54, 1.807) is 21.3 Å². The van der Waals surface area contributed by atoms with E-state index in [-0.39, 0.29) is 6.03 Å². The van der Waals surface area contributed by atoms with Gasteiger partial charge in [0.05, 0.1) is 27.0 Å². The molecule has 7 heteroatoms. The summed E-state index contributed by atoms with van der Waals surface area (Å²) in [6, 6.07) is 13.7. The van der Waals surface area contributed by atoms with Gasteiger partial charge in [0, 0.05) is 38.8 Å². The lowest BCUT2D eigenvalue weighted by atomic mass is 10.1. The van der Waals surface area contributed by atoms with E-state index in [9.17, 15) is 4.79 Å². The molecule has 2 aromatic carbocycles. The SMILES string of the molecule is COc1ccc(CCNC(=O)N2CCN(c3ccc(OC)cc3OC)CC2)cc1. The van der Waals surface area contributed by atoms with Crippen LogP contribution in [-0.4, -0.2) is 65.0 Å². The van der Waals surface area contributed by atoms with Crippen LogP contribution in [0.4, 0.5) is 10.5 Å². The third-order valence-corrected chi connectivity index (χ3v) is 5.14. The number of hydrogen-bond acceptors (Lipinski definition) is 5. The van der Waals surface area contributed by atoms with Crippen LogP contribution in [0.15, 0.2) is 42.5 Å². The number of benzene rings is 2. The maximum Gasteiger partial charge on any atom is 0.317 e. The maximum absolute atomic E-state index is 12.5. The molecule has 1 aliphatic heterocycles. The summed E-state index contributed by atoms with van der Waals surface area (Å²) in [6.07, 6.45) is 0.790. The molecular weight excluding hydrogens is 370 g/mol. The number of rotatable bonds is 7. The molecule has 0 unspecified atom stereocenters. The van der Waals surface area contributed by atoms with E-state index in [2.05, 4.69) is 10.2 Å². The number of methoxy groups -OCH3 is 3. The van der Waals surface area contributed by atoms with Gasteiger partial charge in [-0.15, -0.1) is 0 Å². The van der Waals surface area contributed by atoms with E-state index in [1.807, 2.05) is 47.4 Å². The third kappa shape index (κ3) is 5.25. The van der Waals surface area contributed by atoms with Gasteiger partial charge in [-0.2, -0.15) is 0 Å². The van der Waals surface area contributed by atoms with Crippen LogP contribution >= 0.6 is 0 Å². The molecule has 29 heavy (non-hydrogen) atoms. The standard InChI is InChI=1S/C22H29N3O4/c1-27-18-6-4-17(5-7-18)10-11-23-22(26)25-14-12-24(13-15-25)20-9-8-19(28-2)16-21(20)29-3/h4-9,16H,10-15H2,1-3H3,(H,23,26). The van der Waals surface area contributed by atoms with Crippen LogP contribution in [0.25, 0.3) is 0 Å². The molecule has 2 aromatic rings. The van der Waals surface area contributed by atoms with Crippen molar-refractivity contribution in [2.24, 2.45) is 0 Å². The summed E-state index contributed by atoms with van der Waals surface area (Å²) in [4.78, 5) is 16.6. The molecule has 156 valence electrons. The Kier molecular flexibility index (Phi) is 7.05. The van der Waals surface area contributed by atoms with Gasteiger partial charge >= 0.3 is 6.03 Å². The number of anilines is 1. The molecule has 0 aliphatic carbocycles. The van der Waals surface area contributed by atoms with Gasteiger partial charge in [0.2, 0.25) is 0 Å². The van der Waals surface area contributed by atoms with Crippen molar-refractivity contribution in [2.75, 3.05) is 59.0 Å². The molecule has 0 bridgehead atoms. The number of carbonyl (C=O) groups excluding carboxylic acids is 1. The first-order chi connectivity index (χ1) is 14.1. The zero-order chi connectivity index (χ0) is 20.6. The number of ether oxygens (including phenoxy) is 3. The van der Waals surface area contributed by atoms with E-state index in [4.69, 9.17) is 14.2 Å². The Morgan fingerprint density at radius 3 is 2.17 bits per heavy atom. The predicted molar refractivity (Wildman–Crippen MR) is 113 cm³/mol. The van der Waals surface area contributed by atoms with Crippen LogP contribution in [0.3, 0.4) is 0 Å². The van der Waals surface area contributed by atoms with Crippen molar-refractivity contribution in [3.05, 3.63) is 48.0 Å². The van der Waals surface area contributed by atoms with Crippen LogP contribution in [-0.2, 0) is 6.42 Å². The first kappa shape index (κ1) is 20.6. The summed E-state index contributed by atoms with van der Waals surface area (Å²) in [5.41, 5.74) is 2.19. The van der Waals surface area contributed by atoms with Crippen molar-refractivity contribution in [1.82, 2.24) is 10.2 Å². The zero-order valence-corrected chi connectivity index (χ0v) is 17.3. The smallest absolute Gasteiger partial charge is 0.317 e. The van der Waals surface area contributed by atoms with Crippen molar-refractivity contribution >= 4 is 11.7 Å². The fourth-order valence-electron chi connectivity index (χ4n) is 3.41. The fraction of sp³-hybridized carbons (Fsp3) is 0.409. The second-order valence-electron chi connectivity index (χ2n) is 6.84. The molecule has 0 radical (unpaired) electrons. The number of urea groups is 1. The van der Waals surface area contributed by atoms with Crippen LogP contribution < -0.4 is 24.4 Å². The molecule has 0 saturated carbocycles. The predicted octanol–water partition coefficient (Wildman–Crippen LogP) is 2.79. The number of hydrogen-bond donors (Lipinski definition) is 1. The molecule has 1 saturated heterocycles. The molecular formula is C22H29N3O4. The molecule has 1 heterocycles. The summed E-state index contributed by atoms with van der Waals surface area (Å²) in [7, 11) is 4.95. The third-order valence-electron chi connectivity index (χ3n) is 5.14. The minimum Gasteiger partial charge on any atom is -0.497 e. The van der Waals surface area contributed by atoms with Crippen molar-refractivity contribution in [1.29, 1.82) is 0 Å². The van der Waals surface area contributed by atoms with Gasteiger partial charge in [-0.1, -0.05) is 12.1 Å². The number of amides is 2. The zero-order valence-electron chi connectivity index (χ0n) is 17.3. The van der Waals surface area contributed by atoms with E-state index in [0.29, 0.717) is 19.6 Å². The van der Waals surface area contributed by atoms with E-state index >= 15 is 0 Å². The van der Waals surface area contributed by atoms with Crippen LogP contribution in [0, 0.1) is 0 Å². The average Bonchev–Trinajstić information content (AvgIpc) is 2.79. The minimum atomic E-state index is -0.0140. The lowest BCUT2D eigenvalue weighted by Crippen LogP contribution is -2.52. The molecule has 1 fully saturated rings. The highest BCUT2D eigenvalue weighted by Crippen LogP contribution is 2.32. The van der Waals surface area contributed by atoms with Crippen LogP contribution in [0.1, 0.15) is 5.56 Å². The molecule has 0 atom stereocenters. The van der Waals surface area contributed by atoms with Gasteiger partial charge in [0.15, 0.2) is 0 Å². The monoisotopic (exact) mass is 399 g/mol. The van der Waals surface area contributed by atoms with Gasteiger partial charge in [-0.25, -0.2) is 4.79 Å². The first-order valence-corrected chi connectivity index (χ1v) is 9.77. The number of piperazine rings is 1. The minimum absolute atomic E-state index is 0.0140. The second kappa shape index (κ2) is 9.91. The van der Waals surface area contributed by atoms with Crippen LogP contribution in [0.2, 0.25) is 0 Å². The molecule has 1 aliphatic rings. The van der Waals surface area contributed by atoms with Gasteiger partial charge < -0.3 is 29.3 Å². The normalized spacial score (nSPS) is 13.8.